The zero-order chi connectivity index (χ0) is 96.9. The fraction of sp³-hybridized carbons (Fsp3) is 0.506. The molecule has 2 spiro atoms. The number of aromatic nitrogens is 2. The van der Waals surface area contributed by atoms with Crippen molar-refractivity contribution in [2.75, 3.05) is 41.1 Å². The van der Waals surface area contributed by atoms with E-state index in [1.165, 1.54) is 19.3 Å². The van der Waals surface area contributed by atoms with E-state index in [1.54, 1.807) is 107 Å². The number of carboxylic acid groups (broad SMARTS) is 3. The molecule has 5 aliphatic heterocycles. The smallest absolute Gasteiger partial charge is 0.327 e. The molecule has 48 heteroatoms. The topological polar surface area (TPSA) is 684 Å². The van der Waals surface area contributed by atoms with Crippen LogP contribution in [0.15, 0.2) is 91.3 Å². The Morgan fingerprint density at radius 3 is 1.52 bits per heavy atom. The molecular formula is C85H110N20O24S4. The van der Waals surface area contributed by atoms with Crippen LogP contribution in [0.25, 0.3) is 21.8 Å². The van der Waals surface area contributed by atoms with Crippen molar-refractivity contribution in [2.45, 2.75) is 214 Å². The first-order valence-corrected chi connectivity index (χ1v) is 47.7. The van der Waals surface area contributed by atoms with Gasteiger partial charge in [-0.05, 0) is 73.8 Å². The van der Waals surface area contributed by atoms with Gasteiger partial charge in [0, 0.05) is 107 Å². The second-order valence-corrected chi connectivity index (χ2v) is 38.7. The number of aliphatic hydroxyl groups excluding tert-OH is 1. The molecule has 5 fully saturated rings. The Bertz CT molecular complexity index is 5240. The van der Waals surface area contributed by atoms with E-state index in [4.69, 9.17) is 5.73 Å². The molecule has 0 saturated carbocycles. The van der Waals surface area contributed by atoms with Gasteiger partial charge in [-0.3, -0.25) is 91.1 Å². The highest BCUT2D eigenvalue weighted by Gasteiger charge is 2.51. The lowest BCUT2D eigenvalue weighted by Crippen LogP contribution is -2.68. The maximum Gasteiger partial charge on any atom is 0.327 e. The molecule has 5 saturated heterocycles. The minimum absolute atomic E-state index is 0.223. The zero-order valence-corrected chi connectivity index (χ0v) is 76.5. The number of benzene rings is 3. The van der Waals surface area contributed by atoms with E-state index in [0.29, 0.717) is 83.6 Å². The summed E-state index contributed by atoms with van der Waals surface area (Å²) in [6.07, 6.45) is -5.10. The van der Waals surface area contributed by atoms with E-state index in [2.05, 4.69) is 100 Å². The number of carboxylic acids is 3. The third-order valence-electron chi connectivity index (χ3n) is 22.6. The second-order valence-electron chi connectivity index (χ2n) is 34.1. The van der Waals surface area contributed by atoms with Gasteiger partial charge in [0.1, 0.15) is 95.7 Å². The predicted octanol–water partition coefficient (Wildman–Crippen LogP) is -4.77. The summed E-state index contributed by atoms with van der Waals surface area (Å²) < 4.78 is 0. The Balaban J connectivity index is 1.12. The van der Waals surface area contributed by atoms with E-state index in [9.17, 15) is 68.4 Å². The maximum atomic E-state index is 16.3. The van der Waals surface area contributed by atoms with Gasteiger partial charge in [0.2, 0.25) is 100 Å². The van der Waals surface area contributed by atoms with Crippen molar-refractivity contribution >= 4 is 185 Å². The molecule has 718 valence electrons. The van der Waals surface area contributed by atoms with Gasteiger partial charge in [-0.25, -0.2) is 4.79 Å². The molecule has 44 nitrogen and oxygen atoms in total. The van der Waals surface area contributed by atoms with Gasteiger partial charge in [-0.2, -0.15) is 23.5 Å². The van der Waals surface area contributed by atoms with Gasteiger partial charge in [0.05, 0.1) is 25.1 Å². The number of rotatable bonds is 19. The molecule has 7 heterocycles. The third kappa shape index (κ3) is 28.0. The number of thioether (sulfide) groups is 2. The predicted molar refractivity (Wildman–Crippen MR) is 486 cm³/mol. The van der Waals surface area contributed by atoms with Gasteiger partial charge in [-0.15, -0.1) is 0 Å². The van der Waals surface area contributed by atoms with Crippen molar-refractivity contribution < 1.29 is 116 Å². The van der Waals surface area contributed by atoms with Gasteiger partial charge >= 0.3 is 17.9 Å². The number of amides is 17. The molecule has 5 aliphatic rings. The van der Waals surface area contributed by atoms with Crippen LogP contribution in [0.5, 0.6) is 0 Å². The van der Waals surface area contributed by atoms with Crippen LogP contribution in [0, 0.1) is 11.8 Å². The number of aliphatic carboxylic acids is 3. The number of hydrogen-bond donors (Lipinski definition) is 24. The first kappa shape index (κ1) is 103. The van der Waals surface area contributed by atoms with Crippen LogP contribution in [0.1, 0.15) is 103 Å². The molecule has 10 rings (SSSR count). The van der Waals surface area contributed by atoms with E-state index in [1.807, 2.05) is 0 Å². The molecule has 133 heavy (non-hydrogen) atoms. The van der Waals surface area contributed by atoms with Crippen molar-refractivity contribution in [1.82, 2.24) is 100 Å². The van der Waals surface area contributed by atoms with Crippen molar-refractivity contribution in [3.8, 4) is 0 Å². The monoisotopic (exact) mass is 1920 g/mol. The molecule has 0 unspecified atom stereocenters. The number of hydrogen-bond acceptors (Lipinski definition) is 26. The molecule has 2 aromatic heterocycles. The van der Waals surface area contributed by atoms with Crippen LogP contribution in [0.4, 0.5) is 0 Å². The Hall–Kier alpha value is -12.5. The molecule has 18 atom stereocenters. The lowest BCUT2D eigenvalue weighted by molar-refractivity contribution is -0.141. The van der Waals surface area contributed by atoms with Gasteiger partial charge in [0.25, 0.3) is 0 Å². The van der Waals surface area contributed by atoms with Gasteiger partial charge in [-0.1, -0.05) is 116 Å². The van der Waals surface area contributed by atoms with Crippen molar-refractivity contribution in [2.24, 2.45) is 17.6 Å². The average Bonchev–Trinajstić information content (AvgIpc) is 1.78. The normalized spacial score (nSPS) is 28.3. The Labute approximate surface area is 777 Å². The van der Waals surface area contributed by atoms with Crippen LogP contribution in [0.3, 0.4) is 0 Å². The lowest BCUT2D eigenvalue weighted by Gasteiger charge is -2.38. The van der Waals surface area contributed by atoms with E-state index in [-0.39, 0.29) is 19.3 Å². The summed E-state index contributed by atoms with van der Waals surface area (Å²) in [5, 5.41) is 86.5. The molecule has 17 amide bonds. The van der Waals surface area contributed by atoms with E-state index >= 15 is 47.9 Å². The highest BCUT2D eigenvalue weighted by Crippen LogP contribution is 2.31. The highest BCUT2D eigenvalue weighted by atomic mass is 33.1. The number of nitrogens with one attached hydrogen (secondary N) is 19. The fourth-order valence-corrected chi connectivity index (χ4v) is 20.4. The Morgan fingerprint density at radius 2 is 0.947 bits per heavy atom. The summed E-state index contributed by atoms with van der Waals surface area (Å²) in [4.78, 5) is 303. The maximum absolute atomic E-state index is 16.3. The van der Waals surface area contributed by atoms with Crippen LogP contribution in [-0.2, 0) is 115 Å². The van der Waals surface area contributed by atoms with Crippen molar-refractivity contribution in [3.05, 3.63) is 108 Å². The second kappa shape index (κ2) is 46.7. The van der Waals surface area contributed by atoms with Crippen LogP contribution in [0.2, 0.25) is 0 Å². The number of fused-ring (bicyclic) bond motifs is 6. The molecule has 3 aromatic carbocycles. The summed E-state index contributed by atoms with van der Waals surface area (Å²) in [6, 6.07) is -6.29. The van der Waals surface area contributed by atoms with Crippen LogP contribution >= 0.6 is 45.1 Å². The quantitative estimate of drug-likeness (QED) is 0.0345. The minimum atomic E-state index is -2.71. The Morgan fingerprint density at radius 1 is 0.459 bits per heavy atom. The lowest BCUT2D eigenvalue weighted by atomic mass is 9.89. The standard InChI is InChI=1S/C85H110N20O24S4/c1-39(2)22-52-71(116)93-54(24-43-14-8-7-9-15-43)70(115)90-41(5)67(112)97-59-33-131-38-85(83(129)102-52)29-58(75(120)103-66(42(6)106)80(125)89-32-63(107)104-85)96-78(123)61(35-132-133-36-62(81(126)127)100-77(59)122)99-76(121)60-34-130-37-84(28-48(86)68(113)92-57(27-65(110)111)74(119)95-56(79(124)105-84)26-45-31-88-50-19-13-11-17-47(45)50)82(128)101-53(23-40(3)4)72(117)94-55(25-44-30-87-49-18-12-10-16-46(44)49)73(118)91-51(69(114)98-60)20-21-64(108)109/h7-19,30-31,39-42,48,51-62,66,87-88,106H,20-29,32-38,86H2,1-6H3,(H,89,125)(H,90,115)(H,91,118)(H,92,113)(H,93,116)(H,94,117)(H,95,119)(H,96,123)(H,97,112)(H,98,114)(H,99,121)(H,100,122)(H,101,128)(H,102,129)(H,103,120)(H,104,107)(H,105,124)(H,108,109)(H,110,111)(H,126,127)/t41-,42+,48-,51-,52-,53-,54-,55-,56-,57-,58-,59-,60-,61-,62-,66-,84+,85+/m0/s1. The minimum Gasteiger partial charge on any atom is -0.481 e. The summed E-state index contributed by atoms with van der Waals surface area (Å²) >= 11 is 1.15. The summed E-state index contributed by atoms with van der Waals surface area (Å²) in [5.41, 5.74) is 3.79. The number of para-hydroxylation sites is 2. The summed E-state index contributed by atoms with van der Waals surface area (Å²) in [6.45, 7) is 8.01. The SMILES string of the molecule is CC(C)C[C@@H]1NC(=O)[C@]23CSC[C@H](NC(=O)[C@H](C)NC(=O)[C@H](Cc4ccccc4)NC1=O)C(=O)N[C@H](C(=O)O)CSSC[C@H](NC(=O)[C@@H]1CSC[C@]4(C[C@H](N)C(=O)N[C@@H](CC(=O)O)C(=O)N[C@@H](Cc5c[nH]c6ccccc56)C(=O)N4)C(=O)N[C@@H](CC(C)C)C(=O)N[C@@H](Cc4c[nH]c5ccccc45)C(=O)N[C@@H](CCC(=O)O)C(=O)N1)C(=O)N[C@@H](C2)C(=O)N[C@@H]([C@@H](C)O)C(=O)NCC(=O)N3. The van der Waals surface area contributed by atoms with Crippen molar-refractivity contribution in [3.63, 3.8) is 0 Å². The van der Waals surface area contributed by atoms with E-state index in [0.717, 1.165) is 6.92 Å². The van der Waals surface area contributed by atoms with Gasteiger partial charge in [0.15, 0.2) is 0 Å². The highest BCUT2D eigenvalue weighted by molar-refractivity contribution is 8.76. The third-order valence-corrected chi connectivity index (χ3v) is 27.6. The number of aromatic amines is 2. The van der Waals surface area contributed by atoms with Gasteiger partial charge < -0.3 is 127 Å². The van der Waals surface area contributed by atoms with Crippen LogP contribution < -0.4 is 96.1 Å². The van der Waals surface area contributed by atoms with E-state index < -0.39 is 324 Å². The first-order valence-electron chi connectivity index (χ1n) is 42.9. The number of nitrogens with two attached hydrogens (primary N) is 1. The molecule has 0 aliphatic carbocycles. The fourth-order valence-electron chi connectivity index (χ4n) is 15.5. The van der Waals surface area contributed by atoms with Crippen molar-refractivity contribution in [1.29, 1.82) is 0 Å². The number of carbonyl (C=O) groups is 20. The summed E-state index contributed by atoms with van der Waals surface area (Å²) in [5.74, 6) is -30.8. The molecule has 3 bridgehead atoms. The zero-order valence-electron chi connectivity index (χ0n) is 73.2. The molecular weight excluding hydrogens is 1810 g/mol. The number of aliphatic hydroxyl groups is 1. The summed E-state index contributed by atoms with van der Waals surface area (Å²) in [7, 11) is 1.29. The largest absolute Gasteiger partial charge is 0.481 e. The Kier molecular flexibility index (Phi) is 36.0. The number of H-pyrrole nitrogens is 2. The molecule has 5 aromatic rings. The molecule has 25 N–H and O–H groups in total. The average molecular weight is 1920 g/mol. The first-order chi connectivity index (χ1) is 63.1. The molecule has 0 radical (unpaired) electrons. The van der Waals surface area contributed by atoms with Crippen LogP contribution in [-0.4, -0.2) is 298 Å². The number of carbonyl (C=O) groups excluding carboxylic acids is 17.